The summed E-state index contributed by atoms with van der Waals surface area (Å²) in [6.45, 7) is 2.97. The second kappa shape index (κ2) is 16.1. The molecule has 1 aromatic heterocycles. The van der Waals surface area contributed by atoms with E-state index in [1.54, 1.807) is 7.11 Å². The number of benzene rings is 2. The van der Waals surface area contributed by atoms with Gasteiger partial charge in [0.15, 0.2) is 0 Å². The van der Waals surface area contributed by atoms with Crippen LogP contribution in [0, 0.1) is 5.92 Å². The summed E-state index contributed by atoms with van der Waals surface area (Å²) in [4.78, 5) is 40.1. The summed E-state index contributed by atoms with van der Waals surface area (Å²) in [6, 6.07) is 16.4. The Morgan fingerprint density at radius 3 is 2.26 bits per heavy atom. The van der Waals surface area contributed by atoms with Crippen molar-refractivity contribution in [1.29, 1.82) is 0 Å². The van der Waals surface area contributed by atoms with Crippen molar-refractivity contribution in [2.24, 2.45) is 5.92 Å². The molecule has 2 aromatic carbocycles. The number of carbonyl (C=O) groups is 3. The van der Waals surface area contributed by atoms with Gasteiger partial charge >= 0.3 is 47.7 Å². The maximum absolute atomic E-state index is 13.9. The van der Waals surface area contributed by atoms with Crippen LogP contribution in [0.3, 0.4) is 0 Å². The Bertz CT molecular complexity index is 1320. The summed E-state index contributed by atoms with van der Waals surface area (Å²) in [7, 11) is 1.62. The average Bonchev–Trinajstić information content (AvgIpc) is 3.61. The van der Waals surface area contributed by atoms with E-state index in [0.717, 1.165) is 41.4 Å². The van der Waals surface area contributed by atoms with Crippen LogP contribution in [-0.4, -0.2) is 76.0 Å². The van der Waals surface area contributed by atoms with Gasteiger partial charge in [-0.3, -0.25) is 4.79 Å². The fraction of sp³-hybridized carbons (Fsp3) is 0.414. The number of ether oxygens (including phenoxy) is 1. The topological polar surface area (TPSA) is 132 Å². The predicted molar refractivity (Wildman–Crippen MR) is 146 cm³/mol. The average molecular weight is 602 g/mol. The maximum atomic E-state index is 13.9. The Morgan fingerprint density at radius 1 is 1.10 bits per heavy atom. The molecule has 1 saturated heterocycles. The quantitative estimate of drug-likeness (QED) is 0.258. The van der Waals surface area contributed by atoms with Gasteiger partial charge in [0.1, 0.15) is 6.04 Å². The molecule has 0 radical (unpaired) electrons. The summed E-state index contributed by atoms with van der Waals surface area (Å²) in [5, 5.41) is 21.8. The molecule has 224 valence electrons. The summed E-state index contributed by atoms with van der Waals surface area (Å²) in [5.41, 5.74) is 2.71. The fourth-order valence-electron chi connectivity index (χ4n) is 5.07. The Labute approximate surface area is 265 Å². The van der Waals surface area contributed by atoms with Gasteiger partial charge in [0.25, 0.3) is 0 Å². The number of carbonyl (C=O) groups excluding carboxylic acids is 1. The Kier molecular flexibility index (Phi) is 13.5. The molecule has 1 aliphatic rings. The van der Waals surface area contributed by atoms with Crippen molar-refractivity contribution in [3.05, 3.63) is 71.9 Å². The molecule has 0 aliphatic carbocycles. The molecule has 1 fully saturated rings. The smallest absolute Gasteiger partial charge is 1.00 e. The Morgan fingerprint density at radius 2 is 1.71 bits per heavy atom. The van der Waals surface area contributed by atoms with Crippen molar-refractivity contribution < 1.29 is 73.5 Å². The zero-order valence-corrected chi connectivity index (χ0v) is 25.7. The molecule has 4 rings (SSSR count). The van der Waals surface area contributed by atoms with Crippen molar-refractivity contribution >= 4 is 28.7 Å². The van der Waals surface area contributed by atoms with Crippen LogP contribution in [0.25, 0.3) is 10.9 Å². The van der Waals surface area contributed by atoms with Gasteiger partial charge < -0.3 is 31.6 Å². The zero-order valence-electron chi connectivity index (χ0n) is 24.7. The maximum Gasteiger partial charge on any atom is 1.00 e. The van der Waals surface area contributed by atoms with Gasteiger partial charge in [-0.05, 0) is 36.6 Å². The molecule has 0 spiro atoms. The van der Waals surface area contributed by atoms with E-state index < -0.39 is 30.1 Å². The van der Waals surface area contributed by atoms with Crippen LogP contribution in [0.15, 0.2) is 60.8 Å². The van der Waals surface area contributed by atoms with Gasteiger partial charge in [0.05, 0.1) is 12.0 Å². The van der Waals surface area contributed by atoms with E-state index >= 15 is 0 Å². The van der Waals surface area contributed by atoms with Crippen LogP contribution < -0.4 is 34.9 Å². The number of para-hydroxylation sites is 1. The van der Waals surface area contributed by atoms with Gasteiger partial charge in [0, 0.05) is 43.2 Å². The molecule has 42 heavy (non-hydrogen) atoms. The number of aromatic amines is 1. The minimum Gasteiger partial charge on any atom is -1.00 e. The summed E-state index contributed by atoms with van der Waals surface area (Å²) in [5.74, 6) is -4.48. The van der Waals surface area contributed by atoms with E-state index in [4.69, 9.17) is 14.6 Å². The van der Waals surface area contributed by atoms with E-state index in [-0.39, 0.29) is 62.0 Å². The van der Waals surface area contributed by atoms with Gasteiger partial charge in [-0.2, -0.15) is 13.2 Å². The molecule has 13 heteroatoms. The van der Waals surface area contributed by atoms with Crippen molar-refractivity contribution in [3.8, 4) is 0 Å². The number of aromatic nitrogens is 1. The first kappa shape index (κ1) is 35.3. The van der Waals surface area contributed by atoms with Gasteiger partial charge in [-0.1, -0.05) is 55.5 Å². The number of hydrogen-bond donors (Lipinski definition) is 4. The number of nitrogens with one attached hydrogen (secondary N) is 2. The normalized spacial score (nSPS) is 16.8. The Hall–Kier alpha value is -2.90. The number of alkyl halides is 3. The molecule has 9 nitrogen and oxygen atoms in total. The van der Waals surface area contributed by atoms with Crippen molar-refractivity contribution in [1.82, 2.24) is 15.2 Å². The van der Waals surface area contributed by atoms with Crippen LogP contribution in [0.5, 0.6) is 0 Å². The number of amides is 1. The molecule has 0 saturated carbocycles. The van der Waals surface area contributed by atoms with Gasteiger partial charge in [-0.25, -0.2) is 9.59 Å². The number of nitrogens with zero attached hydrogens (tertiary/aromatic N) is 1. The third-order valence-electron chi connectivity index (χ3n) is 7.12. The number of rotatable bonds is 10. The molecule has 0 bridgehead atoms. The fourth-order valence-corrected chi connectivity index (χ4v) is 5.07. The zero-order chi connectivity index (χ0) is 30.2. The van der Waals surface area contributed by atoms with E-state index in [9.17, 15) is 27.9 Å². The number of halogens is 3. The number of hydrogen-bond acceptors (Lipinski definition) is 5. The number of carboxylic acid groups (broad SMARTS) is 2. The third kappa shape index (κ3) is 9.30. The standard InChI is InChI=1S/C27H33N3O4.C2HF3O2.Na.H/c1-18(25(34-2)23-13-8-14-28-23)26(31)30(17-19-9-4-3-5-10-19)24(27(32)33)15-20-16-29-22-12-7-6-11-21(20)22;3-2(4,5)1(6)7;;/h3-7,9-12,16,18,23-25,28-29H,8,13-15,17H2,1-2H3,(H,32,33);(H,6,7);;/q;;+1;-1/t18-,23+,24+,25-;;;/m1.../s1. The summed E-state index contributed by atoms with van der Waals surface area (Å²) in [6.07, 6.45) is -1.38. The number of aliphatic carboxylic acids is 2. The van der Waals surface area contributed by atoms with Gasteiger partial charge in [0.2, 0.25) is 5.91 Å². The van der Waals surface area contributed by atoms with Crippen LogP contribution >= 0.6 is 0 Å². The second-order valence-corrected chi connectivity index (χ2v) is 9.86. The SMILES string of the molecule is CO[C@@H]([C@@H]1CCCN1)[C@@H](C)C(=O)N(Cc1ccccc1)[C@@H](Cc1c[nH]c2ccccc12)C(=O)O.O=C(O)C(F)(F)F.[H-].[Na+]. The summed E-state index contributed by atoms with van der Waals surface area (Å²) < 4.78 is 37.5. The van der Waals surface area contributed by atoms with E-state index in [1.807, 2.05) is 67.7 Å². The number of methoxy groups -OCH3 is 1. The summed E-state index contributed by atoms with van der Waals surface area (Å²) >= 11 is 0. The minimum atomic E-state index is -5.08. The van der Waals surface area contributed by atoms with Crippen molar-refractivity contribution in [2.45, 2.75) is 57.1 Å². The second-order valence-electron chi connectivity index (χ2n) is 9.86. The minimum absolute atomic E-state index is 0. The first-order valence-corrected chi connectivity index (χ1v) is 13.1. The monoisotopic (exact) mass is 601 g/mol. The van der Waals surface area contributed by atoms with Crippen LogP contribution in [-0.2, 0) is 32.1 Å². The van der Waals surface area contributed by atoms with E-state index in [1.165, 1.54) is 4.90 Å². The molecule has 2 heterocycles. The largest absolute Gasteiger partial charge is 1.00 e. The Balaban J connectivity index is 0.000000920. The molecular formula is C29H35F3N3NaO6. The van der Waals surface area contributed by atoms with Crippen molar-refractivity contribution in [3.63, 3.8) is 0 Å². The third-order valence-corrected chi connectivity index (χ3v) is 7.12. The number of H-pyrrole nitrogens is 1. The van der Waals surface area contributed by atoms with Gasteiger partial charge in [-0.15, -0.1) is 0 Å². The molecule has 1 aliphatic heterocycles. The van der Waals surface area contributed by atoms with Crippen LogP contribution in [0.1, 0.15) is 32.3 Å². The molecule has 4 atom stereocenters. The first-order valence-electron chi connectivity index (χ1n) is 13.1. The van der Waals surface area contributed by atoms with E-state index in [2.05, 4.69) is 10.3 Å². The molecule has 1 amide bonds. The molecule has 3 aromatic rings. The van der Waals surface area contributed by atoms with Crippen molar-refractivity contribution in [2.75, 3.05) is 13.7 Å². The molecular weight excluding hydrogens is 566 g/mol. The van der Waals surface area contributed by atoms with Crippen LogP contribution in [0.2, 0.25) is 0 Å². The first-order chi connectivity index (χ1) is 19.4. The predicted octanol–water partition coefficient (Wildman–Crippen LogP) is 1.35. The van der Waals surface area contributed by atoms with E-state index in [0.29, 0.717) is 0 Å². The number of carboxylic acids is 2. The van der Waals surface area contributed by atoms with Crippen LogP contribution in [0.4, 0.5) is 13.2 Å². The molecule has 4 N–H and O–H groups in total. The number of fused-ring (bicyclic) bond motifs is 1. The molecule has 0 unspecified atom stereocenters.